The van der Waals surface area contributed by atoms with Crippen molar-refractivity contribution in [1.82, 2.24) is 4.57 Å². The summed E-state index contributed by atoms with van der Waals surface area (Å²) >= 11 is 0. The summed E-state index contributed by atoms with van der Waals surface area (Å²) in [5, 5.41) is -3.13. The molecular weight excluding hydrogens is 352 g/mol. The second-order valence-corrected chi connectivity index (χ2v) is 5.38. The minimum Gasteiger partial charge on any atom is -0.280 e. The topological polar surface area (TPSA) is 8.81 Å². The Balaban J connectivity index is 2.39. The molecule has 25 heavy (non-hydrogen) atoms. The number of nitrogens with zero attached hydrogens (tertiary/aromatic N) is 2. The molecule has 0 saturated carbocycles. The highest BCUT2D eigenvalue weighted by molar-refractivity contribution is 6.65. The summed E-state index contributed by atoms with van der Waals surface area (Å²) in [6.07, 6.45) is 3.04. The summed E-state index contributed by atoms with van der Waals surface area (Å²) in [6.45, 7) is 0. The van der Waals surface area contributed by atoms with Gasteiger partial charge in [0.1, 0.15) is 18.2 Å². The van der Waals surface area contributed by atoms with Crippen molar-refractivity contribution >= 4 is 29.2 Å². The van der Waals surface area contributed by atoms with Crippen molar-refractivity contribution in [3.8, 4) is 0 Å². The van der Waals surface area contributed by atoms with E-state index in [9.17, 15) is 30.7 Å². The highest BCUT2D eigenvalue weighted by Gasteiger charge is 2.28. The lowest BCUT2D eigenvalue weighted by Gasteiger charge is -2.20. The molecule has 1 aromatic heterocycles. The third kappa shape index (κ3) is 2.38. The number of halogens is 7. The van der Waals surface area contributed by atoms with Gasteiger partial charge >= 0.3 is 0 Å². The van der Waals surface area contributed by atoms with Gasteiger partial charge in [-0.15, -0.1) is 7.28 Å². The molecule has 0 aliphatic heterocycles. The number of aromatic nitrogens is 2. The lowest BCUT2D eigenvalue weighted by Crippen LogP contribution is -2.54. The fourth-order valence-corrected chi connectivity index (χ4v) is 2.56. The van der Waals surface area contributed by atoms with E-state index in [1.165, 1.54) is 35.6 Å². The van der Waals surface area contributed by atoms with E-state index in [0.717, 1.165) is 7.28 Å². The number of hydrogen-bond donors (Lipinski definition) is 0. The van der Waals surface area contributed by atoms with Crippen LogP contribution in [0, 0.1) is 40.7 Å². The average molecular weight is 360 g/mol. The molecule has 0 aliphatic carbocycles. The zero-order chi connectivity index (χ0) is 18.6. The first-order valence-corrected chi connectivity index (χ1v) is 6.84. The Labute approximate surface area is 137 Å². The first kappa shape index (κ1) is 17.3. The Morgan fingerprint density at radius 3 is 1.72 bits per heavy atom. The number of aryl methyl sites for hydroxylation is 2. The van der Waals surface area contributed by atoms with Crippen LogP contribution in [-0.2, 0) is 14.1 Å². The third-order valence-corrected chi connectivity index (χ3v) is 3.88. The van der Waals surface area contributed by atoms with E-state index in [4.69, 9.17) is 0 Å². The highest BCUT2D eigenvalue weighted by Crippen LogP contribution is 2.31. The second kappa shape index (κ2) is 5.78. The molecule has 130 valence electrons. The van der Waals surface area contributed by atoms with Crippen molar-refractivity contribution in [2.75, 3.05) is 0 Å². The zero-order valence-electron chi connectivity index (χ0n) is 12.8. The van der Waals surface area contributed by atoms with Gasteiger partial charge in [0.25, 0.3) is 0 Å². The number of fused-ring (bicyclic) bond motifs is 1. The van der Waals surface area contributed by atoms with Crippen LogP contribution in [0.1, 0.15) is 0 Å². The normalized spacial score (nSPS) is 11.6. The summed E-state index contributed by atoms with van der Waals surface area (Å²) in [5.74, 6) is -14.6. The predicted molar refractivity (Wildman–Crippen MR) is 75.3 cm³/mol. The van der Waals surface area contributed by atoms with Crippen molar-refractivity contribution in [2.45, 2.75) is 0 Å². The number of imidazole rings is 1. The maximum Gasteiger partial charge on any atom is 0.198 e. The first-order chi connectivity index (χ1) is 11.7. The maximum absolute atomic E-state index is 14.6. The third-order valence-electron chi connectivity index (χ3n) is 3.88. The molecule has 0 aliphatic rings. The van der Waals surface area contributed by atoms with Crippen molar-refractivity contribution in [2.24, 2.45) is 14.1 Å². The van der Waals surface area contributed by atoms with Gasteiger partial charge in [-0.2, -0.15) is 5.46 Å². The molecular formula is C15H8BF7N2. The van der Waals surface area contributed by atoms with E-state index < -0.39 is 57.0 Å². The van der Waals surface area contributed by atoms with Crippen molar-refractivity contribution in [3.63, 3.8) is 0 Å². The summed E-state index contributed by atoms with van der Waals surface area (Å²) in [6, 6.07) is 0. The molecule has 0 saturated heterocycles. The van der Waals surface area contributed by atoms with Gasteiger partial charge in [0.2, 0.25) is 0 Å². The van der Waals surface area contributed by atoms with Gasteiger partial charge in [-0.25, -0.2) is 30.7 Å². The van der Waals surface area contributed by atoms with Crippen LogP contribution in [0.2, 0.25) is 0 Å². The van der Waals surface area contributed by atoms with Crippen LogP contribution in [0.4, 0.5) is 30.7 Å². The van der Waals surface area contributed by atoms with E-state index in [0.29, 0.717) is 0 Å². The average Bonchev–Trinajstić information content (AvgIpc) is 2.89. The molecule has 2 nitrogen and oxygen atoms in total. The molecule has 3 aromatic rings. The lowest BCUT2D eigenvalue weighted by molar-refractivity contribution is -0.652. The molecule has 10 heteroatoms. The van der Waals surface area contributed by atoms with Gasteiger partial charge in [0.15, 0.2) is 29.1 Å². The van der Waals surface area contributed by atoms with E-state index in [2.05, 4.69) is 0 Å². The maximum atomic E-state index is 14.6. The van der Waals surface area contributed by atoms with E-state index in [-0.39, 0.29) is 5.72 Å². The summed E-state index contributed by atoms with van der Waals surface area (Å²) in [7, 11) is 3.88. The molecule has 0 fully saturated rings. The Morgan fingerprint density at radius 2 is 1.24 bits per heavy atom. The smallest absolute Gasteiger partial charge is 0.198 e. The first-order valence-electron chi connectivity index (χ1n) is 6.84. The van der Waals surface area contributed by atoms with Crippen LogP contribution >= 0.6 is 0 Å². The van der Waals surface area contributed by atoms with Gasteiger partial charge < -0.3 is 0 Å². The predicted octanol–water partition coefficient (Wildman–Crippen LogP) is 1.63. The molecule has 0 atom stereocenters. The minimum atomic E-state index is -2.35. The monoisotopic (exact) mass is 360 g/mol. The minimum absolute atomic E-state index is 0.181. The van der Waals surface area contributed by atoms with Crippen LogP contribution < -0.4 is 15.8 Å². The Kier molecular flexibility index (Phi) is 4.00. The molecule has 0 N–H and O–H groups in total. The standard InChI is InChI=1S/C15H8BF7N2/c1-24-3-4-25(2)15(24)16-7-8(17)5-6(9(18)12(7)21)11(20)14(23)13(22)10(5)19/h3-4H,1-2H3. The molecule has 3 rings (SSSR count). The van der Waals surface area contributed by atoms with Crippen LogP contribution in [-0.4, -0.2) is 11.8 Å². The Bertz CT molecular complexity index is 1010. The number of rotatable bonds is 2. The Morgan fingerprint density at radius 1 is 0.760 bits per heavy atom. The largest absolute Gasteiger partial charge is 0.280 e. The fourth-order valence-electron chi connectivity index (χ4n) is 2.56. The summed E-state index contributed by atoms with van der Waals surface area (Å²) in [4.78, 5) is 0. The second-order valence-electron chi connectivity index (χ2n) is 5.38. The van der Waals surface area contributed by atoms with Gasteiger partial charge in [-0.3, -0.25) is 9.13 Å². The van der Waals surface area contributed by atoms with E-state index >= 15 is 0 Å². The zero-order valence-corrected chi connectivity index (χ0v) is 12.8. The molecule has 2 radical (unpaired) electrons. The lowest BCUT2D eigenvalue weighted by atomic mass is 9.67. The molecule has 0 amide bonds. The highest BCUT2D eigenvalue weighted by atomic mass is 19.2. The van der Waals surface area contributed by atoms with E-state index in [1.807, 2.05) is 0 Å². The van der Waals surface area contributed by atoms with Gasteiger partial charge in [-0.05, 0) is 0 Å². The molecule has 0 spiro atoms. The molecule has 2 aromatic carbocycles. The summed E-state index contributed by atoms with van der Waals surface area (Å²) < 4.78 is 100. The molecule has 0 unspecified atom stereocenters. The Hall–Kier alpha value is -2.52. The van der Waals surface area contributed by atoms with Crippen molar-refractivity contribution in [3.05, 3.63) is 53.1 Å². The van der Waals surface area contributed by atoms with Crippen molar-refractivity contribution < 1.29 is 35.3 Å². The van der Waals surface area contributed by atoms with E-state index in [1.54, 1.807) is 0 Å². The fraction of sp³-hybridized carbons (Fsp3) is 0.133. The van der Waals surface area contributed by atoms with Gasteiger partial charge in [-0.1, -0.05) is 0 Å². The summed E-state index contributed by atoms with van der Waals surface area (Å²) in [5.41, 5.74) is -0.869. The molecule has 0 bridgehead atoms. The number of hydrogen-bond acceptors (Lipinski definition) is 0. The quantitative estimate of drug-likeness (QED) is 0.216. The van der Waals surface area contributed by atoms with Crippen LogP contribution in [0.25, 0.3) is 10.8 Å². The van der Waals surface area contributed by atoms with Gasteiger partial charge in [0, 0.05) is 5.72 Å². The molecule has 1 heterocycles. The van der Waals surface area contributed by atoms with Crippen molar-refractivity contribution in [1.29, 1.82) is 0 Å². The number of benzene rings is 2. The SMILES string of the molecule is Cn1cc[n+](C)c1[B-]c1c(F)c(F)c2c(F)c(F)c(F)c(F)c2c1F. The van der Waals surface area contributed by atoms with Crippen LogP contribution in [0.15, 0.2) is 12.4 Å². The van der Waals surface area contributed by atoms with Crippen LogP contribution in [0.3, 0.4) is 0 Å². The van der Waals surface area contributed by atoms with Crippen LogP contribution in [0.5, 0.6) is 0 Å². The van der Waals surface area contributed by atoms with Gasteiger partial charge in [0.05, 0.1) is 30.7 Å².